The van der Waals surface area contributed by atoms with E-state index in [1.807, 2.05) is 5.38 Å². The van der Waals surface area contributed by atoms with Crippen LogP contribution in [-0.4, -0.2) is 40.5 Å². The zero-order chi connectivity index (χ0) is 15.7. The highest BCUT2D eigenvalue weighted by Gasteiger charge is 2.38. The molecule has 2 aromatic rings. The summed E-state index contributed by atoms with van der Waals surface area (Å²) in [5.74, 6) is -0.758. The molecule has 1 aromatic carbocycles. The van der Waals surface area contributed by atoms with Crippen molar-refractivity contribution in [2.24, 2.45) is 0 Å². The van der Waals surface area contributed by atoms with Gasteiger partial charge in [0.2, 0.25) is 0 Å². The Hall–Kier alpha value is -1.71. The first-order valence-corrected chi connectivity index (χ1v) is 8.20. The van der Waals surface area contributed by atoms with Crippen molar-refractivity contribution in [1.82, 2.24) is 4.98 Å². The average molecular weight is 337 g/mol. The smallest absolute Gasteiger partial charge is 0.534 e. The lowest BCUT2D eigenvalue weighted by Crippen LogP contribution is -2.40. The van der Waals surface area contributed by atoms with Crippen molar-refractivity contribution in [3.63, 3.8) is 0 Å². The number of methoxy groups -OCH3 is 1. The van der Waals surface area contributed by atoms with Gasteiger partial charge in [0.25, 0.3) is 0 Å². The summed E-state index contributed by atoms with van der Waals surface area (Å²) in [5.41, 5.74) is 0.675. The van der Waals surface area contributed by atoms with Gasteiger partial charge in [-0.15, -0.1) is 11.3 Å². The number of carbonyl (C=O) groups is 1. The van der Waals surface area contributed by atoms with E-state index < -0.39 is 13.1 Å². The Bertz CT molecular complexity index is 694. The quantitative estimate of drug-likeness (QED) is 0.825. The molecule has 0 amide bonds. The molecule has 0 spiro atoms. The van der Waals surface area contributed by atoms with Crippen LogP contribution in [0.25, 0.3) is 0 Å². The maximum absolute atomic E-state index is 11.4. The molecule has 1 aliphatic rings. The number of nitrogens with zero attached hydrogens (tertiary/aromatic N) is 1. The van der Waals surface area contributed by atoms with Crippen molar-refractivity contribution in [2.75, 3.05) is 7.11 Å². The lowest BCUT2D eigenvalue weighted by Gasteiger charge is -2.28. The number of hydrogen-bond donors (Lipinski definition) is 2. The van der Waals surface area contributed by atoms with Crippen molar-refractivity contribution < 1.29 is 24.3 Å². The van der Waals surface area contributed by atoms with Crippen LogP contribution in [0.5, 0.6) is 11.5 Å². The van der Waals surface area contributed by atoms with Gasteiger partial charge in [0.05, 0.1) is 12.3 Å². The van der Waals surface area contributed by atoms with Crippen LogP contribution in [0.4, 0.5) is 0 Å². The Balaban J connectivity index is 1.93. The third-order valence-corrected chi connectivity index (χ3v) is 5.43. The molecular weight excluding hydrogens is 325 g/mol. The standard InChI is InChI=1S/C13H12BNO5S2/c1-19-8-3-2-7-6-9(22-13-15-4-5-21-13)14(18)20-11(7)10(8)12(16)17/h2-5,9,18H,6H2,1H3,(H,16,17)/t9-/m0/s1. The van der Waals surface area contributed by atoms with Crippen molar-refractivity contribution >= 4 is 36.2 Å². The van der Waals surface area contributed by atoms with Gasteiger partial charge in [-0.25, -0.2) is 9.78 Å². The SMILES string of the molecule is COc1ccc2c(c1C(=O)O)OB(O)[C@@H](Sc1nccs1)C2. The number of thiazole rings is 1. The van der Waals surface area contributed by atoms with Crippen molar-refractivity contribution in [2.45, 2.75) is 15.9 Å². The number of hydrogen-bond acceptors (Lipinski definition) is 7. The van der Waals surface area contributed by atoms with Crippen molar-refractivity contribution in [1.29, 1.82) is 0 Å². The molecule has 0 radical (unpaired) electrons. The highest BCUT2D eigenvalue weighted by molar-refractivity contribution is 8.02. The predicted octanol–water partition coefficient (Wildman–Crippen LogP) is 1.97. The van der Waals surface area contributed by atoms with Crippen LogP contribution in [0.2, 0.25) is 0 Å². The molecule has 1 aromatic heterocycles. The van der Waals surface area contributed by atoms with Gasteiger partial charge in [-0.1, -0.05) is 17.8 Å². The lowest BCUT2D eigenvalue weighted by atomic mass is 9.77. The molecule has 0 unspecified atom stereocenters. The minimum absolute atomic E-state index is 0.0586. The molecule has 9 heteroatoms. The van der Waals surface area contributed by atoms with Gasteiger partial charge in [-0.2, -0.15) is 0 Å². The molecule has 1 atom stereocenters. The maximum atomic E-state index is 11.4. The zero-order valence-corrected chi connectivity index (χ0v) is 13.2. The first kappa shape index (κ1) is 15.2. The summed E-state index contributed by atoms with van der Waals surface area (Å²) in [6.07, 6.45) is 2.19. The van der Waals surface area contributed by atoms with Crippen LogP contribution in [-0.2, 0) is 6.42 Å². The number of fused-ring (bicyclic) bond motifs is 1. The molecule has 2 N–H and O–H groups in total. The molecule has 0 aliphatic carbocycles. The maximum Gasteiger partial charge on any atom is 0.537 e. The second kappa shape index (κ2) is 6.19. The van der Waals surface area contributed by atoms with E-state index >= 15 is 0 Å². The second-order valence-electron chi connectivity index (χ2n) is 4.60. The van der Waals surface area contributed by atoms with E-state index in [-0.39, 0.29) is 22.2 Å². The first-order chi connectivity index (χ1) is 10.6. The molecule has 1 aliphatic heterocycles. The van der Waals surface area contributed by atoms with Gasteiger partial charge in [0, 0.05) is 11.6 Å². The van der Waals surface area contributed by atoms with Gasteiger partial charge >= 0.3 is 13.1 Å². The third-order valence-electron chi connectivity index (χ3n) is 3.27. The molecule has 22 heavy (non-hydrogen) atoms. The number of thioether (sulfide) groups is 1. The summed E-state index contributed by atoms with van der Waals surface area (Å²) in [5, 5.41) is 21.2. The van der Waals surface area contributed by atoms with E-state index in [0.29, 0.717) is 6.42 Å². The van der Waals surface area contributed by atoms with Gasteiger partial charge in [-0.05, 0) is 18.1 Å². The highest BCUT2D eigenvalue weighted by atomic mass is 32.2. The summed E-state index contributed by atoms with van der Waals surface area (Å²) in [7, 11) is 0.292. The molecule has 114 valence electrons. The van der Waals surface area contributed by atoms with Crippen molar-refractivity contribution in [3.05, 3.63) is 34.8 Å². The first-order valence-electron chi connectivity index (χ1n) is 6.44. The van der Waals surface area contributed by atoms with Crippen LogP contribution < -0.4 is 9.39 Å². The highest BCUT2D eigenvalue weighted by Crippen LogP contribution is 2.40. The Morgan fingerprint density at radius 1 is 1.59 bits per heavy atom. The fraction of sp³-hybridized carbons (Fsp3) is 0.231. The molecule has 0 bridgehead atoms. The van der Waals surface area contributed by atoms with Gasteiger partial charge in [-0.3, -0.25) is 0 Å². The van der Waals surface area contributed by atoms with E-state index in [9.17, 15) is 14.9 Å². The summed E-state index contributed by atoms with van der Waals surface area (Å²) < 4.78 is 11.4. The van der Waals surface area contributed by atoms with Gasteiger partial charge in [0.15, 0.2) is 0 Å². The summed E-state index contributed by atoms with van der Waals surface area (Å²) >= 11 is 2.91. The molecule has 3 rings (SSSR count). The van der Waals surface area contributed by atoms with Crippen molar-refractivity contribution in [3.8, 4) is 11.5 Å². The Morgan fingerprint density at radius 3 is 3.05 bits per heavy atom. The zero-order valence-electron chi connectivity index (χ0n) is 11.6. The summed E-state index contributed by atoms with van der Waals surface area (Å²) in [6, 6.07) is 3.37. The monoisotopic (exact) mass is 337 g/mol. The molecule has 0 fully saturated rings. The Morgan fingerprint density at radius 2 is 2.41 bits per heavy atom. The summed E-state index contributed by atoms with van der Waals surface area (Å²) in [6.45, 7) is 0. The largest absolute Gasteiger partial charge is 0.537 e. The molecular formula is C13H12BNO5S2. The van der Waals surface area contributed by atoms with E-state index in [1.54, 1.807) is 18.3 Å². The van der Waals surface area contributed by atoms with Crippen LogP contribution in [0.15, 0.2) is 28.0 Å². The molecule has 2 heterocycles. The topological polar surface area (TPSA) is 88.9 Å². The van der Waals surface area contributed by atoms with Crippen LogP contribution in [0.1, 0.15) is 15.9 Å². The normalized spacial score (nSPS) is 16.8. The molecule has 6 nitrogen and oxygen atoms in total. The number of aromatic carboxylic acids is 1. The van der Waals surface area contributed by atoms with E-state index in [1.165, 1.54) is 30.2 Å². The summed E-state index contributed by atoms with van der Waals surface area (Å²) in [4.78, 5) is 15.6. The van der Waals surface area contributed by atoms with Crippen LogP contribution >= 0.6 is 23.1 Å². The molecule has 0 saturated carbocycles. The van der Waals surface area contributed by atoms with Gasteiger partial charge < -0.3 is 19.5 Å². The Labute approximate surface area is 135 Å². The van der Waals surface area contributed by atoms with Gasteiger partial charge in [0.1, 0.15) is 21.4 Å². The number of carboxylic acids is 1. The average Bonchev–Trinajstić information content (AvgIpc) is 2.99. The van der Waals surface area contributed by atoms with E-state index in [2.05, 4.69) is 4.98 Å². The molecule has 0 saturated heterocycles. The van der Waals surface area contributed by atoms with E-state index in [4.69, 9.17) is 9.39 Å². The third kappa shape index (κ3) is 2.79. The fourth-order valence-electron chi connectivity index (χ4n) is 2.29. The van der Waals surface area contributed by atoms with Crippen LogP contribution in [0, 0.1) is 0 Å². The van der Waals surface area contributed by atoms with Crippen LogP contribution in [0.3, 0.4) is 0 Å². The minimum Gasteiger partial charge on any atom is -0.534 e. The number of ether oxygens (including phenoxy) is 1. The predicted molar refractivity (Wildman–Crippen MR) is 84.0 cm³/mol. The second-order valence-corrected chi connectivity index (χ2v) is 6.98. The van der Waals surface area contributed by atoms with E-state index in [0.717, 1.165) is 9.90 Å². The Kier molecular flexibility index (Phi) is 4.28. The number of rotatable bonds is 4. The number of aromatic nitrogens is 1. The lowest BCUT2D eigenvalue weighted by molar-refractivity contribution is 0.0690. The number of benzene rings is 1. The number of carboxylic acid groups (broad SMARTS) is 1. The minimum atomic E-state index is -1.15. The fourth-order valence-corrected chi connectivity index (χ4v) is 4.22.